The lowest BCUT2D eigenvalue weighted by molar-refractivity contribution is -0.113. The van der Waals surface area contributed by atoms with Gasteiger partial charge in [-0.05, 0) is 42.5 Å². The molecule has 2 heterocycles. The summed E-state index contributed by atoms with van der Waals surface area (Å²) < 4.78 is 12.7. The molecule has 1 N–H and O–H groups in total. The number of ether oxygens (including phenoxy) is 2. The van der Waals surface area contributed by atoms with Gasteiger partial charge in [-0.15, -0.1) is 10.2 Å². The van der Waals surface area contributed by atoms with Gasteiger partial charge in [-0.3, -0.25) is 14.3 Å². The SMILES string of the molecule is COc1ccc(-c2nnc(SCC(=O)Nc3cccnc3)n2-c2ccccc2)cc1OC. The maximum Gasteiger partial charge on any atom is 0.234 e. The predicted molar refractivity (Wildman–Crippen MR) is 123 cm³/mol. The van der Waals surface area contributed by atoms with Crippen LogP contribution in [0.4, 0.5) is 5.69 Å². The zero-order valence-electron chi connectivity index (χ0n) is 17.6. The van der Waals surface area contributed by atoms with Crippen LogP contribution in [0.3, 0.4) is 0 Å². The van der Waals surface area contributed by atoms with Crippen molar-refractivity contribution in [3.05, 3.63) is 73.1 Å². The Labute approximate surface area is 189 Å². The Morgan fingerprint density at radius 2 is 1.81 bits per heavy atom. The number of carbonyl (C=O) groups is 1. The average molecular weight is 448 g/mol. The molecule has 0 radical (unpaired) electrons. The summed E-state index contributed by atoms with van der Waals surface area (Å²) in [7, 11) is 3.18. The topological polar surface area (TPSA) is 91.2 Å². The molecule has 8 nitrogen and oxygen atoms in total. The first kappa shape index (κ1) is 21.4. The van der Waals surface area contributed by atoms with Gasteiger partial charge in [0.25, 0.3) is 0 Å². The second-order valence-electron chi connectivity index (χ2n) is 6.63. The van der Waals surface area contributed by atoms with Crippen molar-refractivity contribution in [2.45, 2.75) is 5.16 Å². The number of nitrogens with one attached hydrogen (secondary N) is 1. The van der Waals surface area contributed by atoms with Gasteiger partial charge < -0.3 is 14.8 Å². The molecule has 0 saturated heterocycles. The van der Waals surface area contributed by atoms with Crippen molar-refractivity contribution in [1.82, 2.24) is 19.7 Å². The highest BCUT2D eigenvalue weighted by Gasteiger charge is 2.18. The van der Waals surface area contributed by atoms with Crippen LogP contribution in [-0.2, 0) is 4.79 Å². The van der Waals surface area contributed by atoms with Crippen LogP contribution in [0, 0.1) is 0 Å². The van der Waals surface area contributed by atoms with Gasteiger partial charge in [-0.25, -0.2) is 0 Å². The normalized spacial score (nSPS) is 10.6. The van der Waals surface area contributed by atoms with Crippen LogP contribution in [0.5, 0.6) is 11.5 Å². The van der Waals surface area contributed by atoms with Crippen molar-refractivity contribution in [1.29, 1.82) is 0 Å². The van der Waals surface area contributed by atoms with E-state index in [0.29, 0.717) is 28.2 Å². The molecule has 0 spiro atoms. The highest BCUT2D eigenvalue weighted by Crippen LogP contribution is 2.34. The van der Waals surface area contributed by atoms with Crippen molar-refractivity contribution < 1.29 is 14.3 Å². The molecule has 2 aromatic heterocycles. The smallest absolute Gasteiger partial charge is 0.234 e. The Morgan fingerprint density at radius 3 is 2.53 bits per heavy atom. The molecule has 0 saturated carbocycles. The lowest BCUT2D eigenvalue weighted by Gasteiger charge is -2.12. The Kier molecular flexibility index (Phi) is 6.66. The van der Waals surface area contributed by atoms with Gasteiger partial charge in [0, 0.05) is 17.4 Å². The summed E-state index contributed by atoms with van der Waals surface area (Å²) in [5, 5.41) is 12.2. The molecule has 1 amide bonds. The monoisotopic (exact) mass is 447 g/mol. The molecule has 0 fully saturated rings. The van der Waals surface area contributed by atoms with E-state index in [1.165, 1.54) is 11.8 Å². The number of benzene rings is 2. The summed E-state index contributed by atoms with van der Waals surface area (Å²) in [6.07, 6.45) is 3.26. The van der Waals surface area contributed by atoms with Gasteiger partial charge in [0.05, 0.1) is 31.9 Å². The van der Waals surface area contributed by atoms with Crippen molar-refractivity contribution in [2.75, 3.05) is 25.3 Å². The Morgan fingerprint density at radius 1 is 1.00 bits per heavy atom. The van der Waals surface area contributed by atoms with Crippen LogP contribution in [0.25, 0.3) is 17.1 Å². The summed E-state index contributed by atoms with van der Waals surface area (Å²) in [5.41, 5.74) is 2.34. The molecule has 4 aromatic rings. The highest BCUT2D eigenvalue weighted by molar-refractivity contribution is 7.99. The van der Waals surface area contributed by atoms with E-state index < -0.39 is 0 Å². The number of methoxy groups -OCH3 is 2. The number of amides is 1. The van der Waals surface area contributed by atoms with Crippen molar-refractivity contribution in [3.8, 4) is 28.6 Å². The van der Waals surface area contributed by atoms with Crippen molar-refractivity contribution in [3.63, 3.8) is 0 Å². The van der Waals surface area contributed by atoms with E-state index in [-0.39, 0.29) is 11.7 Å². The maximum atomic E-state index is 12.4. The standard InChI is InChI=1S/C23H21N5O3S/c1-30-19-11-10-16(13-20(19)31-2)22-26-27-23(28(22)18-8-4-3-5-9-18)32-15-21(29)25-17-7-6-12-24-14-17/h3-14H,15H2,1-2H3,(H,25,29). The van der Waals surface area contributed by atoms with E-state index in [4.69, 9.17) is 9.47 Å². The van der Waals surface area contributed by atoms with Gasteiger partial charge in [0.2, 0.25) is 5.91 Å². The van der Waals surface area contributed by atoms with Crippen LogP contribution < -0.4 is 14.8 Å². The van der Waals surface area contributed by atoms with E-state index in [1.807, 2.05) is 53.1 Å². The van der Waals surface area contributed by atoms with Crippen LogP contribution in [0.2, 0.25) is 0 Å². The number of rotatable bonds is 8. The molecule has 0 aliphatic carbocycles. The Bertz CT molecular complexity index is 1200. The number of anilines is 1. The number of hydrogen-bond acceptors (Lipinski definition) is 7. The molecule has 0 aliphatic heterocycles. The first-order valence-electron chi connectivity index (χ1n) is 9.75. The molecule has 0 unspecified atom stereocenters. The molecule has 162 valence electrons. The van der Waals surface area contributed by atoms with E-state index in [1.54, 1.807) is 38.7 Å². The summed E-state index contributed by atoms with van der Waals surface area (Å²) in [5.74, 6) is 1.87. The third-order valence-electron chi connectivity index (χ3n) is 4.57. The van der Waals surface area contributed by atoms with E-state index in [2.05, 4.69) is 20.5 Å². The number of thioether (sulfide) groups is 1. The van der Waals surface area contributed by atoms with Gasteiger partial charge in [-0.2, -0.15) is 0 Å². The lowest BCUT2D eigenvalue weighted by atomic mass is 10.2. The summed E-state index contributed by atoms with van der Waals surface area (Å²) in [6.45, 7) is 0. The number of hydrogen-bond donors (Lipinski definition) is 1. The second kappa shape index (κ2) is 9.97. The van der Waals surface area contributed by atoms with Crippen molar-refractivity contribution >= 4 is 23.4 Å². The fourth-order valence-corrected chi connectivity index (χ4v) is 3.85. The van der Waals surface area contributed by atoms with E-state index in [0.717, 1.165) is 11.3 Å². The van der Waals surface area contributed by atoms with Crippen LogP contribution >= 0.6 is 11.8 Å². The number of para-hydroxylation sites is 1. The fraction of sp³-hybridized carbons (Fsp3) is 0.130. The molecule has 9 heteroatoms. The van der Waals surface area contributed by atoms with Crippen LogP contribution in [0.15, 0.2) is 78.2 Å². The van der Waals surface area contributed by atoms with Crippen molar-refractivity contribution in [2.24, 2.45) is 0 Å². The van der Waals surface area contributed by atoms with Gasteiger partial charge >= 0.3 is 0 Å². The molecule has 0 bridgehead atoms. The van der Waals surface area contributed by atoms with Gasteiger partial charge in [0.1, 0.15) is 0 Å². The minimum Gasteiger partial charge on any atom is -0.493 e. The molecular formula is C23H21N5O3S. The number of aromatic nitrogens is 4. The summed E-state index contributed by atoms with van der Waals surface area (Å²) in [4.78, 5) is 16.4. The average Bonchev–Trinajstić information content (AvgIpc) is 3.27. The van der Waals surface area contributed by atoms with Gasteiger partial charge in [0.15, 0.2) is 22.5 Å². The fourth-order valence-electron chi connectivity index (χ4n) is 3.10. The first-order valence-corrected chi connectivity index (χ1v) is 10.7. The summed E-state index contributed by atoms with van der Waals surface area (Å²) in [6, 6.07) is 18.9. The quantitative estimate of drug-likeness (QED) is 0.407. The first-order chi connectivity index (χ1) is 15.7. The summed E-state index contributed by atoms with van der Waals surface area (Å²) >= 11 is 1.30. The number of nitrogens with zero attached hydrogens (tertiary/aromatic N) is 4. The Balaban J connectivity index is 1.64. The maximum absolute atomic E-state index is 12.4. The number of carbonyl (C=O) groups excluding carboxylic acids is 1. The molecule has 0 atom stereocenters. The van der Waals surface area contributed by atoms with Crippen LogP contribution in [0.1, 0.15) is 0 Å². The van der Waals surface area contributed by atoms with E-state index in [9.17, 15) is 4.79 Å². The third kappa shape index (κ3) is 4.73. The molecule has 2 aromatic carbocycles. The molecule has 32 heavy (non-hydrogen) atoms. The third-order valence-corrected chi connectivity index (χ3v) is 5.50. The lowest BCUT2D eigenvalue weighted by Crippen LogP contribution is -2.14. The largest absolute Gasteiger partial charge is 0.493 e. The zero-order valence-corrected chi connectivity index (χ0v) is 18.4. The van der Waals surface area contributed by atoms with Crippen LogP contribution in [-0.4, -0.2) is 45.6 Å². The Hall–Kier alpha value is -3.85. The minimum atomic E-state index is -0.154. The second-order valence-corrected chi connectivity index (χ2v) is 7.57. The van der Waals surface area contributed by atoms with Gasteiger partial charge in [-0.1, -0.05) is 30.0 Å². The van der Waals surface area contributed by atoms with E-state index >= 15 is 0 Å². The molecule has 0 aliphatic rings. The number of pyridine rings is 1. The molecule has 4 rings (SSSR count). The zero-order chi connectivity index (χ0) is 22.3. The predicted octanol–water partition coefficient (Wildman–Crippen LogP) is 4.08. The molecular weight excluding hydrogens is 426 g/mol. The minimum absolute atomic E-state index is 0.154. The highest BCUT2D eigenvalue weighted by atomic mass is 32.2.